The average molecular weight is 308 g/mol. The van der Waals surface area contributed by atoms with Crippen molar-refractivity contribution in [1.82, 2.24) is 9.88 Å². The molecule has 3 heterocycles. The van der Waals surface area contributed by atoms with Gasteiger partial charge >= 0.3 is 0 Å². The molecule has 1 aromatic heterocycles. The van der Waals surface area contributed by atoms with Gasteiger partial charge in [0.2, 0.25) is 0 Å². The van der Waals surface area contributed by atoms with E-state index in [0.29, 0.717) is 12.1 Å². The Balaban J connectivity index is 1.57. The van der Waals surface area contributed by atoms with Gasteiger partial charge in [0.1, 0.15) is 0 Å². The summed E-state index contributed by atoms with van der Waals surface area (Å²) in [7, 11) is 0. The van der Waals surface area contributed by atoms with Crippen LogP contribution in [-0.4, -0.2) is 27.1 Å². The van der Waals surface area contributed by atoms with Crippen molar-refractivity contribution in [2.75, 3.05) is 0 Å². The van der Waals surface area contributed by atoms with Gasteiger partial charge in [0.25, 0.3) is 0 Å². The molecule has 2 bridgehead atoms. The van der Waals surface area contributed by atoms with Crippen molar-refractivity contribution in [3.05, 3.63) is 66.0 Å². The highest BCUT2D eigenvalue weighted by molar-refractivity contribution is 5.22. The molecule has 3 atom stereocenters. The highest BCUT2D eigenvalue weighted by Gasteiger charge is 2.46. The molecule has 1 unspecified atom stereocenters. The Bertz CT molecular complexity index is 629. The highest BCUT2D eigenvalue weighted by atomic mass is 16.3. The molecule has 120 valence electrons. The Hall–Kier alpha value is -1.71. The second kappa shape index (κ2) is 6.06. The van der Waals surface area contributed by atoms with Crippen LogP contribution in [0.15, 0.2) is 54.9 Å². The molecule has 0 amide bonds. The van der Waals surface area contributed by atoms with Crippen LogP contribution in [0, 0.1) is 0 Å². The zero-order chi connectivity index (χ0) is 15.7. The number of hydrogen-bond donors (Lipinski definition) is 1. The molecule has 2 aliphatic rings. The Morgan fingerprint density at radius 1 is 1.04 bits per heavy atom. The van der Waals surface area contributed by atoms with Gasteiger partial charge in [0, 0.05) is 36.6 Å². The first-order chi connectivity index (χ1) is 11.2. The molecule has 0 spiro atoms. The molecule has 2 saturated heterocycles. The van der Waals surface area contributed by atoms with E-state index in [4.69, 9.17) is 0 Å². The predicted octanol–water partition coefficient (Wildman–Crippen LogP) is 3.49. The maximum absolute atomic E-state index is 11.3. The summed E-state index contributed by atoms with van der Waals surface area (Å²) in [5.74, 6) is 0. The molecule has 0 aliphatic carbocycles. The summed E-state index contributed by atoms with van der Waals surface area (Å²) in [6, 6.07) is 15.6. The zero-order valence-corrected chi connectivity index (χ0v) is 13.4. The summed E-state index contributed by atoms with van der Waals surface area (Å²) in [4.78, 5) is 6.84. The summed E-state index contributed by atoms with van der Waals surface area (Å²) in [6.45, 7) is 0.999. The summed E-state index contributed by atoms with van der Waals surface area (Å²) in [5, 5.41) is 11.3. The van der Waals surface area contributed by atoms with Gasteiger partial charge in [0.15, 0.2) is 0 Å². The average Bonchev–Trinajstić information content (AvgIpc) is 2.58. The van der Waals surface area contributed by atoms with Gasteiger partial charge in [-0.15, -0.1) is 0 Å². The molecule has 1 N–H and O–H groups in total. The summed E-state index contributed by atoms with van der Waals surface area (Å²) < 4.78 is 0. The lowest BCUT2D eigenvalue weighted by Crippen LogP contribution is -2.56. The second-order valence-corrected chi connectivity index (χ2v) is 7.08. The van der Waals surface area contributed by atoms with E-state index in [2.05, 4.69) is 40.2 Å². The number of hydrogen-bond acceptors (Lipinski definition) is 3. The smallest absolute Gasteiger partial charge is 0.0941 e. The minimum Gasteiger partial charge on any atom is -0.385 e. The zero-order valence-electron chi connectivity index (χ0n) is 13.4. The van der Waals surface area contributed by atoms with Crippen LogP contribution < -0.4 is 0 Å². The lowest BCUT2D eigenvalue weighted by Gasteiger charge is -2.52. The minimum absolute atomic E-state index is 0.466. The fourth-order valence-corrected chi connectivity index (χ4v) is 4.45. The first-order valence-electron chi connectivity index (χ1n) is 8.67. The maximum Gasteiger partial charge on any atom is 0.0941 e. The largest absolute Gasteiger partial charge is 0.385 e. The Morgan fingerprint density at radius 2 is 1.78 bits per heavy atom. The molecular formula is C20H24N2O. The van der Waals surface area contributed by atoms with Crippen molar-refractivity contribution in [2.24, 2.45) is 0 Å². The number of pyridine rings is 1. The molecule has 0 radical (unpaired) electrons. The molecule has 23 heavy (non-hydrogen) atoms. The number of benzene rings is 1. The first kappa shape index (κ1) is 14.9. The van der Waals surface area contributed by atoms with Crippen molar-refractivity contribution < 1.29 is 5.11 Å². The maximum atomic E-state index is 11.3. The number of piperidine rings is 2. The monoisotopic (exact) mass is 308 g/mol. The van der Waals surface area contributed by atoms with Crippen LogP contribution in [0.1, 0.15) is 43.2 Å². The minimum atomic E-state index is -0.711. The number of fused-ring (bicyclic) bond motifs is 2. The van der Waals surface area contributed by atoms with Gasteiger partial charge in [-0.25, -0.2) is 0 Å². The molecule has 0 saturated carbocycles. The number of rotatable bonds is 3. The van der Waals surface area contributed by atoms with Crippen molar-refractivity contribution in [1.29, 1.82) is 0 Å². The van der Waals surface area contributed by atoms with E-state index in [1.165, 1.54) is 24.8 Å². The van der Waals surface area contributed by atoms with E-state index in [1.807, 2.05) is 18.3 Å². The Labute approximate surface area is 138 Å². The molecule has 3 heteroatoms. The molecule has 2 aromatic rings. The van der Waals surface area contributed by atoms with E-state index in [9.17, 15) is 5.11 Å². The Kier molecular flexibility index (Phi) is 3.92. The van der Waals surface area contributed by atoms with Crippen molar-refractivity contribution in [2.45, 2.75) is 56.3 Å². The van der Waals surface area contributed by atoms with E-state index in [-0.39, 0.29) is 0 Å². The van der Waals surface area contributed by atoms with Gasteiger partial charge in [-0.05, 0) is 37.3 Å². The molecular weight excluding hydrogens is 284 g/mol. The lowest BCUT2D eigenvalue weighted by atomic mass is 9.72. The number of nitrogens with zero attached hydrogens (tertiary/aromatic N) is 2. The van der Waals surface area contributed by atoms with Crippen molar-refractivity contribution >= 4 is 0 Å². The van der Waals surface area contributed by atoms with E-state index < -0.39 is 5.60 Å². The first-order valence-corrected chi connectivity index (χ1v) is 8.67. The van der Waals surface area contributed by atoms with Gasteiger partial charge in [0.05, 0.1) is 5.60 Å². The van der Waals surface area contributed by atoms with E-state index in [1.54, 1.807) is 6.20 Å². The SMILES string of the molecule is OC1(c2cccnc2)C[C@H]2CCC[C@@H](C1)N2Cc1ccccc1. The normalized spacial score (nSPS) is 31.0. The predicted molar refractivity (Wildman–Crippen MR) is 90.8 cm³/mol. The van der Waals surface area contributed by atoms with E-state index >= 15 is 0 Å². The van der Waals surface area contributed by atoms with Crippen LogP contribution in [0.3, 0.4) is 0 Å². The fraction of sp³-hybridized carbons (Fsp3) is 0.450. The van der Waals surface area contributed by atoms with Gasteiger partial charge in [-0.1, -0.05) is 42.8 Å². The fourth-order valence-electron chi connectivity index (χ4n) is 4.45. The van der Waals surface area contributed by atoms with Crippen LogP contribution in [-0.2, 0) is 12.1 Å². The number of aromatic nitrogens is 1. The third-order valence-electron chi connectivity index (χ3n) is 5.57. The molecule has 4 rings (SSSR count). The van der Waals surface area contributed by atoms with Crippen LogP contribution in [0.2, 0.25) is 0 Å². The van der Waals surface area contributed by atoms with Crippen molar-refractivity contribution in [3.8, 4) is 0 Å². The standard InChI is InChI=1S/C20H24N2O/c23-20(17-8-5-11-21-14-17)12-18-9-4-10-19(13-20)22(18)15-16-6-2-1-3-7-16/h1-3,5-8,11,14,18-19,23H,4,9-10,12-13,15H2/t18-,19+,20?. The van der Waals surface area contributed by atoms with Crippen LogP contribution in [0.4, 0.5) is 0 Å². The summed E-state index contributed by atoms with van der Waals surface area (Å²) in [6.07, 6.45) is 8.91. The summed E-state index contributed by atoms with van der Waals surface area (Å²) in [5.41, 5.74) is 1.64. The molecule has 2 aliphatic heterocycles. The van der Waals surface area contributed by atoms with Gasteiger partial charge < -0.3 is 5.11 Å². The van der Waals surface area contributed by atoms with Gasteiger partial charge in [-0.2, -0.15) is 0 Å². The van der Waals surface area contributed by atoms with Crippen LogP contribution >= 0.6 is 0 Å². The number of aliphatic hydroxyl groups is 1. The highest BCUT2D eigenvalue weighted by Crippen LogP contribution is 2.44. The third kappa shape index (κ3) is 2.91. The van der Waals surface area contributed by atoms with Crippen LogP contribution in [0.25, 0.3) is 0 Å². The van der Waals surface area contributed by atoms with Crippen molar-refractivity contribution in [3.63, 3.8) is 0 Å². The quantitative estimate of drug-likeness (QED) is 0.943. The van der Waals surface area contributed by atoms with E-state index in [0.717, 1.165) is 24.9 Å². The van der Waals surface area contributed by atoms with Gasteiger partial charge in [-0.3, -0.25) is 9.88 Å². The summed E-state index contributed by atoms with van der Waals surface area (Å²) >= 11 is 0. The van der Waals surface area contributed by atoms with Crippen LogP contribution in [0.5, 0.6) is 0 Å². The third-order valence-corrected chi connectivity index (χ3v) is 5.57. The molecule has 1 aromatic carbocycles. The molecule has 2 fully saturated rings. The Morgan fingerprint density at radius 3 is 2.43 bits per heavy atom. The molecule has 3 nitrogen and oxygen atoms in total. The topological polar surface area (TPSA) is 36.4 Å². The second-order valence-electron chi connectivity index (χ2n) is 7.08. The lowest BCUT2D eigenvalue weighted by molar-refractivity contribution is -0.100.